The Labute approximate surface area is 169 Å². The van der Waals surface area contributed by atoms with E-state index in [4.69, 9.17) is 4.74 Å². The second-order valence-corrected chi connectivity index (χ2v) is 8.60. The number of aryl methyl sites for hydroxylation is 1. The Bertz CT molecular complexity index is 890. The van der Waals surface area contributed by atoms with Crippen molar-refractivity contribution in [1.29, 1.82) is 0 Å². The molecule has 1 aromatic heterocycles. The predicted octanol–water partition coefficient (Wildman–Crippen LogP) is 4.68. The summed E-state index contributed by atoms with van der Waals surface area (Å²) < 4.78 is 30.6. The van der Waals surface area contributed by atoms with E-state index >= 15 is 0 Å². The average Bonchev–Trinajstić information content (AvgIpc) is 3.60. The Kier molecular flexibility index (Phi) is 5.32. The summed E-state index contributed by atoms with van der Waals surface area (Å²) in [5.74, 6) is 1.06. The molecule has 1 aromatic carbocycles. The minimum absolute atomic E-state index is 0.252. The number of nitrogens with one attached hydrogen (secondary N) is 2. The van der Waals surface area contributed by atoms with Crippen LogP contribution >= 0.6 is 0 Å². The number of amides is 1. The molecule has 2 fully saturated rings. The van der Waals surface area contributed by atoms with Gasteiger partial charge in [-0.05, 0) is 68.7 Å². The summed E-state index contributed by atoms with van der Waals surface area (Å²) >= 11 is 0. The maximum Gasteiger partial charge on any atom is 0.272 e. The third-order valence-corrected chi connectivity index (χ3v) is 5.71. The molecule has 1 unspecified atom stereocenters. The van der Waals surface area contributed by atoms with Crippen molar-refractivity contribution in [2.45, 2.75) is 63.8 Å². The molecule has 0 saturated heterocycles. The highest BCUT2D eigenvalue weighted by molar-refractivity contribution is 5.95. The summed E-state index contributed by atoms with van der Waals surface area (Å²) in [6.07, 6.45) is 2.64. The van der Waals surface area contributed by atoms with Gasteiger partial charge >= 0.3 is 0 Å². The number of alkyl halides is 2. The third kappa shape index (κ3) is 4.77. The van der Waals surface area contributed by atoms with Gasteiger partial charge in [-0.3, -0.25) is 9.89 Å². The molecule has 29 heavy (non-hydrogen) atoms. The minimum atomic E-state index is -2.55. The number of H-pyrrole nitrogens is 1. The van der Waals surface area contributed by atoms with Crippen molar-refractivity contribution in [1.82, 2.24) is 15.5 Å². The van der Waals surface area contributed by atoms with E-state index in [1.807, 2.05) is 26.0 Å². The number of nitrogens with zero attached hydrogens (tertiary/aromatic N) is 1. The van der Waals surface area contributed by atoms with Gasteiger partial charge in [-0.25, -0.2) is 8.78 Å². The van der Waals surface area contributed by atoms with Crippen LogP contribution in [0.15, 0.2) is 24.3 Å². The van der Waals surface area contributed by atoms with Crippen LogP contribution in [0.1, 0.15) is 72.3 Å². The first-order valence-corrected chi connectivity index (χ1v) is 10.2. The van der Waals surface area contributed by atoms with Gasteiger partial charge in [0.15, 0.2) is 0 Å². The van der Waals surface area contributed by atoms with Crippen molar-refractivity contribution in [3.8, 4) is 5.75 Å². The summed E-state index contributed by atoms with van der Waals surface area (Å²) in [7, 11) is 0. The van der Waals surface area contributed by atoms with Gasteiger partial charge < -0.3 is 10.1 Å². The lowest BCUT2D eigenvalue weighted by atomic mass is 9.90. The number of benzene rings is 1. The summed E-state index contributed by atoms with van der Waals surface area (Å²) in [6.45, 7) is 3.25. The van der Waals surface area contributed by atoms with Crippen LogP contribution in [0.4, 0.5) is 8.78 Å². The molecule has 2 aromatic rings. The van der Waals surface area contributed by atoms with Crippen LogP contribution in [0.5, 0.6) is 5.75 Å². The van der Waals surface area contributed by atoms with Crippen molar-refractivity contribution in [2.24, 2.45) is 5.92 Å². The maximum atomic E-state index is 13.1. The highest BCUT2D eigenvalue weighted by atomic mass is 19.3. The molecule has 7 heteroatoms. The number of aromatic nitrogens is 2. The summed E-state index contributed by atoms with van der Waals surface area (Å²) in [5.41, 5.74) is 2.47. The van der Waals surface area contributed by atoms with Crippen LogP contribution in [0.2, 0.25) is 0 Å². The lowest BCUT2D eigenvalue weighted by Crippen LogP contribution is -2.44. The fraction of sp³-hybridized carbons (Fsp3) is 0.545. The number of rotatable bonds is 9. The van der Waals surface area contributed by atoms with E-state index in [2.05, 4.69) is 15.5 Å². The number of hydrogen-bond donors (Lipinski definition) is 2. The number of ether oxygens (including phenoxy) is 1. The fourth-order valence-electron chi connectivity index (χ4n) is 3.83. The molecular weight excluding hydrogens is 376 g/mol. The molecule has 1 atom stereocenters. The monoisotopic (exact) mass is 403 g/mol. The molecule has 2 aliphatic rings. The van der Waals surface area contributed by atoms with E-state index < -0.39 is 18.6 Å². The Balaban J connectivity index is 1.56. The van der Waals surface area contributed by atoms with Gasteiger partial charge in [0.05, 0.1) is 11.2 Å². The van der Waals surface area contributed by atoms with Crippen molar-refractivity contribution >= 4 is 5.91 Å². The van der Waals surface area contributed by atoms with Gasteiger partial charge in [-0.1, -0.05) is 18.9 Å². The predicted molar refractivity (Wildman–Crippen MR) is 105 cm³/mol. The maximum absolute atomic E-state index is 13.1. The molecule has 2 aliphatic carbocycles. The normalized spacial score (nSPS) is 18.5. The molecule has 0 radical (unpaired) electrons. The lowest BCUT2D eigenvalue weighted by molar-refractivity contribution is 0.0812. The fourth-order valence-corrected chi connectivity index (χ4v) is 3.83. The number of carbonyl (C=O) groups is 1. The first-order valence-electron chi connectivity index (χ1n) is 10.2. The molecule has 0 bridgehead atoms. The van der Waals surface area contributed by atoms with Crippen molar-refractivity contribution in [3.63, 3.8) is 0 Å². The van der Waals surface area contributed by atoms with Gasteiger partial charge in [0.1, 0.15) is 12.4 Å². The third-order valence-electron chi connectivity index (χ3n) is 5.71. The Morgan fingerprint density at radius 2 is 2.07 bits per heavy atom. The molecule has 156 valence electrons. The molecule has 2 N–H and O–H groups in total. The van der Waals surface area contributed by atoms with Crippen LogP contribution in [0.3, 0.4) is 0 Å². The Morgan fingerprint density at radius 3 is 2.66 bits per heavy atom. The van der Waals surface area contributed by atoms with E-state index in [1.54, 1.807) is 12.1 Å². The van der Waals surface area contributed by atoms with E-state index in [0.29, 0.717) is 23.1 Å². The molecule has 5 nitrogen and oxygen atoms in total. The van der Waals surface area contributed by atoms with E-state index in [1.165, 1.54) is 0 Å². The van der Waals surface area contributed by atoms with Crippen LogP contribution in [0, 0.1) is 12.8 Å². The first-order chi connectivity index (χ1) is 13.8. The summed E-state index contributed by atoms with van der Waals surface area (Å²) in [4.78, 5) is 13.1. The van der Waals surface area contributed by atoms with Gasteiger partial charge in [-0.2, -0.15) is 5.10 Å². The van der Waals surface area contributed by atoms with Crippen molar-refractivity contribution in [3.05, 3.63) is 46.8 Å². The van der Waals surface area contributed by atoms with Crippen LogP contribution in [-0.2, 0) is 5.54 Å². The number of hydrogen-bond acceptors (Lipinski definition) is 3. The zero-order valence-electron chi connectivity index (χ0n) is 16.8. The molecular formula is C22H27F2N3O2. The topological polar surface area (TPSA) is 67.0 Å². The second-order valence-electron chi connectivity index (χ2n) is 8.60. The molecule has 4 rings (SSSR count). The molecule has 0 aliphatic heterocycles. The first kappa shape index (κ1) is 19.9. The molecule has 0 spiro atoms. The van der Waals surface area contributed by atoms with E-state index in [-0.39, 0.29) is 5.91 Å². The zero-order valence-corrected chi connectivity index (χ0v) is 16.8. The lowest BCUT2D eigenvalue weighted by Gasteiger charge is -2.29. The zero-order chi connectivity index (χ0) is 20.6. The van der Waals surface area contributed by atoms with Gasteiger partial charge in [0, 0.05) is 11.3 Å². The number of aromatic amines is 1. The van der Waals surface area contributed by atoms with Crippen LogP contribution < -0.4 is 10.1 Å². The Morgan fingerprint density at radius 1 is 1.31 bits per heavy atom. The number of halogens is 2. The van der Waals surface area contributed by atoms with E-state index in [0.717, 1.165) is 49.1 Å². The molecule has 1 heterocycles. The minimum Gasteiger partial charge on any atom is -0.487 e. The van der Waals surface area contributed by atoms with Crippen molar-refractivity contribution < 1.29 is 18.3 Å². The highest BCUT2D eigenvalue weighted by Crippen LogP contribution is 2.45. The summed E-state index contributed by atoms with van der Waals surface area (Å²) in [6, 6.07) is 7.14. The van der Waals surface area contributed by atoms with E-state index in [9.17, 15) is 13.6 Å². The number of carbonyl (C=O) groups excluding carboxylic acids is 1. The van der Waals surface area contributed by atoms with Crippen LogP contribution in [0.25, 0.3) is 0 Å². The Hall–Kier alpha value is -2.44. The molecule has 2 saturated carbocycles. The largest absolute Gasteiger partial charge is 0.487 e. The second kappa shape index (κ2) is 7.76. The SMILES string of the molecule is Cc1cc(C(C)(CC2CC2)NC(=O)c2ccc(C3CC3)c(OCC(F)F)c2)n[nH]1. The highest BCUT2D eigenvalue weighted by Gasteiger charge is 2.38. The van der Waals surface area contributed by atoms with Gasteiger partial charge in [-0.15, -0.1) is 0 Å². The summed E-state index contributed by atoms with van der Waals surface area (Å²) in [5, 5.41) is 10.5. The van der Waals surface area contributed by atoms with Crippen molar-refractivity contribution in [2.75, 3.05) is 6.61 Å². The average molecular weight is 403 g/mol. The van der Waals surface area contributed by atoms with Gasteiger partial charge in [0.25, 0.3) is 12.3 Å². The van der Waals surface area contributed by atoms with Crippen LogP contribution in [-0.4, -0.2) is 29.1 Å². The smallest absolute Gasteiger partial charge is 0.272 e. The molecule has 1 amide bonds. The quantitative estimate of drug-likeness (QED) is 0.639. The van der Waals surface area contributed by atoms with Gasteiger partial charge in [0.2, 0.25) is 0 Å². The standard InChI is InChI=1S/C22H27F2N3O2/c1-13-9-19(27-26-13)22(2,11-14-3-4-14)25-21(28)16-7-8-17(15-5-6-15)18(10-16)29-12-20(23)24/h7-10,14-15,20H,3-6,11-12H2,1-2H3,(H,25,28)(H,26,27).